The Bertz CT molecular complexity index is 816. The molecule has 0 aliphatic rings. The molecule has 2 rings (SSSR count). The molecule has 0 saturated heterocycles. The molecule has 0 fully saturated rings. The van der Waals surface area contributed by atoms with E-state index in [1.807, 2.05) is 6.92 Å². The van der Waals surface area contributed by atoms with Gasteiger partial charge in [0, 0.05) is 25.0 Å². The Kier molecular flexibility index (Phi) is 5.69. The van der Waals surface area contributed by atoms with Gasteiger partial charge in [0.15, 0.2) is 0 Å². The maximum Gasteiger partial charge on any atom is 0.274 e. The smallest absolute Gasteiger partial charge is 0.274 e. The summed E-state index contributed by atoms with van der Waals surface area (Å²) in [5.41, 5.74) is 1.51. The van der Waals surface area contributed by atoms with E-state index in [0.29, 0.717) is 18.8 Å². The van der Waals surface area contributed by atoms with Crippen LogP contribution in [0.3, 0.4) is 0 Å². The lowest BCUT2D eigenvalue weighted by Crippen LogP contribution is -2.30. The number of rotatable bonds is 6. The van der Waals surface area contributed by atoms with Gasteiger partial charge in [-0.15, -0.1) is 0 Å². The minimum absolute atomic E-state index is 0.160. The molecule has 1 aromatic carbocycles. The molecular formula is C17H21N3O3S. The summed E-state index contributed by atoms with van der Waals surface area (Å²) in [5, 5.41) is 2.73. The number of benzene rings is 1. The topological polar surface area (TPSA) is 79.4 Å². The van der Waals surface area contributed by atoms with Gasteiger partial charge < -0.3 is 5.32 Å². The number of hydrogen-bond donors (Lipinski definition) is 1. The number of nitrogens with one attached hydrogen (secondary N) is 1. The van der Waals surface area contributed by atoms with E-state index in [9.17, 15) is 13.2 Å². The van der Waals surface area contributed by atoms with E-state index in [-0.39, 0.29) is 16.5 Å². The second-order valence-corrected chi connectivity index (χ2v) is 7.17. The number of aryl methyl sites for hydroxylation is 1. The van der Waals surface area contributed by atoms with Crippen molar-refractivity contribution in [2.45, 2.75) is 25.7 Å². The Morgan fingerprint density at radius 2 is 1.88 bits per heavy atom. The van der Waals surface area contributed by atoms with Gasteiger partial charge in [0.25, 0.3) is 5.91 Å². The summed E-state index contributed by atoms with van der Waals surface area (Å²) in [6, 6.07) is 9.77. The number of anilines is 1. The molecule has 0 atom stereocenters. The first-order valence-corrected chi connectivity index (χ1v) is 9.17. The summed E-state index contributed by atoms with van der Waals surface area (Å²) in [4.78, 5) is 16.4. The van der Waals surface area contributed by atoms with Crippen molar-refractivity contribution >= 4 is 21.6 Å². The predicted octanol–water partition coefficient (Wildman–Crippen LogP) is 2.67. The summed E-state index contributed by atoms with van der Waals surface area (Å²) < 4.78 is 26.6. The van der Waals surface area contributed by atoms with Gasteiger partial charge in [-0.3, -0.25) is 9.78 Å². The van der Waals surface area contributed by atoms with Crippen molar-refractivity contribution in [2.75, 3.05) is 18.4 Å². The monoisotopic (exact) mass is 347 g/mol. The highest BCUT2D eigenvalue weighted by Gasteiger charge is 2.22. The van der Waals surface area contributed by atoms with Gasteiger partial charge in [0.2, 0.25) is 10.0 Å². The molecule has 1 heterocycles. The average Bonchev–Trinajstić information content (AvgIpc) is 2.58. The van der Waals surface area contributed by atoms with Crippen LogP contribution in [-0.2, 0) is 10.0 Å². The minimum atomic E-state index is -3.57. The molecule has 0 aliphatic carbocycles. The number of sulfonamides is 1. The molecule has 1 aromatic heterocycles. The molecule has 128 valence electrons. The third-order valence-electron chi connectivity index (χ3n) is 3.70. The summed E-state index contributed by atoms with van der Waals surface area (Å²) in [7, 11) is -3.57. The number of carbonyl (C=O) groups excluding carboxylic acids is 1. The van der Waals surface area contributed by atoms with Crippen LogP contribution < -0.4 is 5.32 Å². The SMILES string of the molecule is CCN(CC)S(=O)(=O)c1ccc(C)c(NC(=O)c2ccccn2)c1. The highest BCUT2D eigenvalue weighted by atomic mass is 32.2. The molecule has 0 bridgehead atoms. The van der Waals surface area contributed by atoms with Crippen LogP contribution in [0.1, 0.15) is 29.9 Å². The van der Waals surface area contributed by atoms with Crippen LogP contribution in [0.4, 0.5) is 5.69 Å². The molecule has 2 aromatic rings. The maximum absolute atomic E-state index is 12.6. The van der Waals surface area contributed by atoms with Gasteiger partial charge in [-0.05, 0) is 36.8 Å². The van der Waals surface area contributed by atoms with E-state index in [2.05, 4.69) is 10.3 Å². The molecule has 0 unspecified atom stereocenters. The zero-order valence-corrected chi connectivity index (χ0v) is 14.8. The van der Waals surface area contributed by atoms with Crippen LogP contribution in [-0.4, -0.2) is 36.7 Å². The number of nitrogens with zero attached hydrogens (tertiary/aromatic N) is 2. The van der Waals surface area contributed by atoms with E-state index in [0.717, 1.165) is 5.56 Å². The number of amides is 1. The summed E-state index contributed by atoms with van der Waals surface area (Å²) in [5.74, 6) is -0.379. The van der Waals surface area contributed by atoms with Gasteiger partial charge in [-0.1, -0.05) is 26.0 Å². The summed E-state index contributed by atoms with van der Waals surface area (Å²) >= 11 is 0. The van der Waals surface area contributed by atoms with Crippen LogP contribution in [0.25, 0.3) is 0 Å². The standard InChI is InChI=1S/C17H21N3O3S/c1-4-20(5-2)24(22,23)14-10-9-13(3)16(12-14)19-17(21)15-8-6-7-11-18-15/h6-12H,4-5H2,1-3H3,(H,19,21). The van der Waals surface area contributed by atoms with Gasteiger partial charge in [-0.2, -0.15) is 4.31 Å². The number of pyridine rings is 1. The van der Waals surface area contributed by atoms with E-state index in [1.165, 1.54) is 16.6 Å². The molecule has 0 aliphatic heterocycles. The minimum Gasteiger partial charge on any atom is -0.320 e. The fourth-order valence-corrected chi connectivity index (χ4v) is 3.78. The van der Waals surface area contributed by atoms with Crippen LogP contribution in [0.5, 0.6) is 0 Å². The molecular weight excluding hydrogens is 326 g/mol. The Hall–Kier alpha value is -2.25. The van der Waals surface area contributed by atoms with E-state index >= 15 is 0 Å². The largest absolute Gasteiger partial charge is 0.320 e. The molecule has 24 heavy (non-hydrogen) atoms. The number of aromatic nitrogens is 1. The lowest BCUT2D eigenvalue weighted by Gasteiger charge is -2.19. The Morgan fingerprint density at radius 1 is 1.17 bits per heavy atom. The normalized spacial score (nSPS) is 11.5. The van der Waals surface area contributed by atoms with E-state index in [1.54, 1.807) is 44.2 Å². The zero-order chi connectivity index (χ0) is 17.7. The second-order valence-electron chi connectivity index (χ2n) is 5.24. The highest BCUT2D eigenvalue weighted by molar-refractivity contribution is 7.89. The first-order valence-electron chi connectivity index (χ1n) is 7.73. The van der Waals surface area contributed by atoms with Crippen molar-refractivity contribution in [3.8, 4) is 0 Å². The molecule has 1 N–H and O–H groups in total. The van der Waals surface area contributed by atoms with Gasteiger partial charge in [0.1, 0.15) is 5.69 Å². The van der Waals surface area contributed by atoms with Gasteiger partial charge >= 0.3 is 0 Å². The molecule has 0 saturated carbocycles. The fraction of sp³-hybridized carbons (Fsp3) is 0.294. The van der Waals surface area contributed by atoms with E-state index < -0.39 is 10.0 Å². The van der Waals surface area contributed by atoms with Crippen molar-refractivity contribution < 1.29 is 13.2 Å². The first kappa shape index (κ1) is 18.1. The summed E-state index contributed by atoms with van der Waals surface area (Å²) in [6.45, 7) is 6.17. The van der Waals surface area contributed by atoms with Crippen molar-refractivity contribution in [3.63, 3.8) is 0 Å². The number of hydrogen-bond acceptors (Lipinski definition) is 4. The maximum atomic E-state index is 12.6. The van der Waals surface area contributed by atoms with Crippen molar-refractivity contribution in [2.24, 2.45) is 0 Å². The third-order valence-corrected chi connectivity index (χ3v) is 5.74. The molecule has 6 nitrogen and oxygen atoms in total. The number of carbonyl (C=O) groups is 1. The van der Waals surface area contributed by atoms with Crippen LogP contribution >= 0.6 is 0 Å². The Morgan fingerprint density at radius 3 is 2.46 bits per heavy atom. The zero-order valence-electron chi connectivity index (χ0n) is 14.0. The molecule has 7 heteroatoms. The fourth-order valence-electron chi connectivity index (χ4n) is 2.29. The summed E-state index contributed by atoms with van der Waals surface area (Å²) in [6.07, 6.45) is 1.53. The van der Waals surface area contributed by atoms with Crippen molar-refractivity contribution in [1.29, 1.82) is 0 Å². The van der Waals surface area contributed by atoms with Crippen molar-refractivity contribution in [3.05, 3.63) is 53.9 Å². The van der Waals surface area contributed by atoms with Crippen LogP contribution in [0.2, 0.25) is 0 Å². The average molecular weight is 347 g/mol. The predicted molar refractivity (Wildman–Crippen MR) is 93.5 cm³/mol. The Balaban J connectivity index is 2.34. The Labute approximate surface area is 142 Å². The third kappa shape index (κ3) is 3.80. The second kappa shape index (κ2) is 7.55. The lowest BCUT2D eigenvalue weighted by molar-refractivity contribution is 0.102. The van der Waals surface area contributed by atoms with Gasteiger partial charge in [-0.25, -0.2) is 8.42 Å². The van der Waals surface area contributed by atoms with Crippen molar-refractivity contribution in [1.82, 2.24) is 9.29 Å². The molecule has 0 radical (unpaired) electrons. The first-order chi connectivity index (χ1) is 11.4. The highest BCUT2D eigenvalue weighted by Crippen LogP contribution is 2.23. The lowest BCUT2D eigenvalue weighted by atomic mass is 10.2. The quantitative estimate of drug-likeness (QED) is 0.871. The van der Waals surface area contributed by atoms with E-state index in [4.69, 9.17) is 0 Å². The molecule has 0 spiro atoms. The molecule has 1 amide bonds. The van der Waals surface area contributed by atoms with Crippen LogP contribution in [0.15, 0.2) is 47.5 Å². The van der Waals surface area contributed by atoms with Crippen LogP contribution in [0, 0.1) is 6.92 Å². The van der Waals surface area contributed by atoms with Gasteiger partial charge in [0.05, 0.1) is 4.90 Å².